The van der Waals surface area contributed by atoms with E-state index in [1.165, 1.54) is 0 Å². The number of aryl methyl sites for hydroxylation is 1. The third-order valence-corrected chi connectivity index (χ3v) is 2.87. The molecule has 3 rings (SSSR count). The van der Waals surface area contributed by atoms with E-state index in [0.717, 1.165) is 23.1 Å². The summed E-state index contributed by atoms with van der Waals surface area (Å²) in [5.41, 5.74) is 3.14. The van der Waals surface area contributed by atoms with Gasteiger partial charge in [0.15, 0.2) is 6.29 Å². The van der Waals surface area contributed by atoms with E-state index in [0.29, 0.717) is 11.2 Å². The molecule has 2 heterocycles. The van der Waals surface area contributed by atoms with Crippen molar-refractivity contribution in [1.82, 2.24) is 19.5 Å². The van der Waals surface area contributed by atoms with Crippen molar-refractivity contribution in [3.8, 4) is 11.3 Å². The number of benzene rings is 1. The average molecular weight is 242 g/mol. The Morgan fingerprint density at radius 3 is 2.83 bits per heavy atom. The molecule has 0 unspecified atom stereocenters. The summed E-state index contributed by atoms with van der Waals surface area (Å²) in [5.74, 6) is 0. The molecular formula is C12H10N4O2. The fourth-order valence-electron chi connectivity index (χ4n) is 2.07. The van der Waals surface area contributed by atoms with Crippen LogP contribution in [-0.4, -0.2) is 25.8 Å². The minimum absolute atomic E-state index is 0.247. The topological polar surface area (TPSA) is 83.5 Å². The standard InChI is InChI=1S/C12H10N4O2/c1-16-6-13-10(5-17)11(16)7-2-3-8-9(4-7)15-12(18)14-8/h2-6H,1H3,(H2,14,15,18). The number of carbonyl (C=O) groups is 1. The second-order valence-electron chi connectivity index (χ2n) is 4.05. The molecule has 90 valence electrons. The smallest absolute Gasteiger partial charge is 0.323 e. The lowest BCUT2D eigenvalue weighted by Crippen LogP contribution is -1.99. The third-order valence-electron chi connectivity index (χ3n) is 2.87. The monoisotopic (exact) mass is 242 g/mol. The van der Waals surface area contributed by atoms with E-state index in [-0.39, 0.29) is 5.69 Å². The second-order valence-corrected chi connectivity index (χ2v) is 4.05. The molecule has 0 saturated carbocycles. The van der Waals surface area contributed by atoms with Gasteiger partial charge in [-0.15, -0.1) is 0 Å². The number of aromatic amines is 2. The molecule has 0 atom stereocenters. The number of hydrogen-bond donors (Lipinski definition) is 2. The van der Waals surface area contributed by atoms with Gasteiger partial charge in [-0.25, -0.2) is 9.78 Å². The molecule has 0 aliphatic rings. The van der Waals surface area contributed by atoms with Gasteiger partial charge in [0.2, 0.25) is 0 Å². The molecule has 0 saturated heterocycles. The number of aldehydes is 1. The van der Waals surface area contributed by atoms with Crippen LogP contribution in [0.2, 0.25) is 0 Å². The molecule has 0 spiro atoms. The van der Waals surface area contributed by atoms with Crippen LogP contribution < -0.4 is 5.69 Å². The van der Waals surface area contributed by atoms with Crippen molar-refractivity contribution in [2.24, 2.45) is 7.05 Å². The maximum Gasteiger partial charge on any atom is 0.323 e. The SMILES string of the molecule is Cn1cnc(C=O)c1-c1ccc2[nH]c(=O)[nH]c2c1. The van der Waals surface area contributed by atoms with Crippen LogP contribution in [-0.2, 0) is 7.05 Å². The number of carbonyl (C=O) groups excluding carboxylic acids is 1. The highest BCUT2D eigenvalue weighted by Gasteiger charge is 2.11. The predicted molar refractivity (Wildman–Crippen MR) is 66.5 cm³/mol. The van der Waals surface area contributed by atoms with E-state index < -0.39 is 0 Å². The Morgan fingerprint density at radius 2 is 2.06 bits per heavy atom. The minimum Gasteiger partial charge on any atom is -0.333 e. The second kappa shape index (κ2) is 3.69. The molecule has 2 aromatic heterocycles. The summed E-state index contributed by atoms with van der Waals surface area (Å²) in [4.78, 5) is 31.5. The molecule has 0 fully saturated rings. The first-order valence-corrected chi connectivity index (χ1v) is 5.38. The summed E-state index contributed by atoms with van der Waals surface area (Å²) >= 11 is 0. The first kappa shape index (κ1) is 10.5. The summed E-state index contributed by atoms with van der Waals surface area (Å²) < 4.78 is 1.77. The van der Waals surface area contributed by atoms with Crippen molar-refractivity contribution < 1.29 is 4.79 Å². The number of rotatable bonds is 2. The Hall–Kier alpha value is -2.63. The number of nitrogens with zero attached hydrogens (tertiary/aromatic N) is 2. The number of hydrogen-bond acceptors (Lipinski definition) is 3. The van der Waals surface area contributed by atoms with Crippen molar-refractivity contribution in [3.63, 3.8) is 0 Å². The Morgan fingerprint density at radius 1 is 1.28 bits per heavy atom. The fourth-order valence-corrected chi connectivity index (χ4v) is 2.07. The van der Waals surface area contributed by atoms with Gasteiger partial charge in [-0.05, 0) is 12.1 Å². The number of aromatic nitrogens is 4. The summed E-state index contributed by atoms with van der Waals surface area (Å²) in [5, 5.41) is 0. The van der Waals surface area contributed by atoms with E-state index >= 15 is 0 Å². The summed E-state index contributed by atoms with van der Waals surface area (Å²) in [6.45, 7) is 0. The quantitative estimate of drug-likeness (QED) is 0.659. The number of fused-ring (bicyclic) bond motifs is 1. The highest BCUT2D eigenvalue weighted by Crippen LogP contribution is 2.24. The summed E-state index contributed by atoms with van der Waals surface area (Å²) in [6, 6.07) is 5.46. The number of nitrogens with one attached hydrogen (secondary N) is 2. The van der Waals surface area contributed by atoms with Crippen LogP contribution in [0.3, 0.4) is 0 Å². The molecule has 0 amide bonds. The van der Waals surface area contributed by atoms with E-state index in [4.69, 9.17) is 0 Å². The maximum absolute atomic E-state index is 11.2. The Kier molecular flexibility index (Phi) is 2.16. The Balaban J connectivity index is 2.27. The van der Waals surface area contributed by atoms with Crippen molar-refractivity contribution >= 4 is 17.3 Å². The normalized spacial score (nSPS) is 10.9. The molecule has 1 aromatic carbocycles. The van der Waals surface area contributed by atoms with Gasteiger partial charge in [0.05, 0.1) is 23.1 Å². The molecule has 6 nitrogen and oxygen atoms in total. The molecule has 0 aliphatic heterocycles. The zero-order chi connectivity index (χ0) is 12.7. The van der Waals surface area contributed by atoms with E-state index in [1.807, 2.05) is 19.2 Å². The zero-order valence-corrected chi connectivity index (χ0v) is 9.60. The predicted octanol–water partition coefficient (Wildman–Crippen LogP) is 1.07. The van der Waals surface area contributed by atoms with Gasteiger partial charge in [0, 0.05) is 12.6 Å². The maximum atomic E-state index is 11.2. The average Bonchev–Trinajstić information content (AvgIpc) is 2.89. The van der Waals surface area contributed by atoms with Crippen LogP contribution in [0, 0.1) is 0 Å². The van der Waals surface area contributed by atoms with Gasteiger partial charge in [-0.1, -0.05) is 6.07 Å². The van der Waals surface area contributed by atoms with Gasteiger partial charge >= 0.3 is 5.69 Å². The lowest BCUT2D eigenvalue weighted by molar-refractivity contribution is 0.112. The number of H-pyrrole nitrogens is 2. The number of imidazole rings is 2. The lowest BCUT2D eigenvalue weighted by atomic mass is 10.1. The Labute approximate surface area is 101 Å². The van der Waals surface area contributed by atoms with Crippen LogP contribution in [0.25, 0.3) is 22.3 Å². The molecule has 18 heavy (non-hydrogen) atoms. The molecule has 0 aliphatic carbocycles. The van der Waals surface area contributed by atoms with Crippen molar-refractivity contribution in [2.75, 3.05) is 0 Å². The van der Waals surface area contributed by atoms with E-state index in [9.17, 15) is 9.59 Å². The molecule has 3 aromatic rings. The highest BCUT2D eigenvalue weighted by atomic mass is 16.1. The largest absolute Gasteiger partial charge is 0.333 e. The van der Waals surface area contributed by atoms with Crippen LogP contribution in [0.4, 0.5) is 0 Å². The van der Waals surface area contributed by atoms with Crippen molar-refractivity contribution in [1.29, 1.82) is 0 Å². The molecule has 0 radical (unpaired) electrons. The molecular weight excluding hydrogens is 232 g/mol. The fraction of sp³-hybridized carbons (Fsp3) is 0.0833. The van der Waals surface area contributed by atoms with Crippen molar-refractivity contribution in [3.05, 3.63) is 40.7 Å². The van der Waals surface area contributed by atoms with Gasteiger partial charge in [0.25, 0.3) is 0 Å². The van der Waals surface area contributed by atoms with Gasteiger partial charge in [-0.3, -0.25) is 4.79 Å². The van der Waals surface area contributed by atoms with Crippen LogP contribution in [0.15, 0.2) is 29.3 Å². The van der Waals surface area contributed by atoms with Crippen LogP contribution in [0.1, 0.15) is 10.5 Å². The van der Waals surface area contributed by atoms with Crippen LogP contribution in [0.5, 0.6) is 0 Å². The zero-order valence-electron chi connectivity index (χ0n) is 9.60. The third kappa shape index (κ3) is 1.46. The Bertz CT molecular complexity index is 794. The van der Waals surface area contributed by atoms with E-state index in [1.54, 1.807) is 17.0 Å². The van der Waals surface area contributed by atoms with Gasteiger partial charge < -0.3 is 14.5 Å². The van der Waals surface area contributed by atoms with Crippen LogP contribution >= 0.6 is 0 Å². The first-order valence-electron chi connectivity index (χ1n) is 5.38. The van der Waals surface area contributed by atoms with E-state index in [2.05, 4.69) is 15.0 Å². The first-order chi connectivity index (χ1) is 8.69. The van der Waals surface area contributed by atoms with Crippen molar-refractivity contribution in [2.45, 2.75) is 0 Å². The summed E-state index contributed by atoms with van der Waals surface area (Å²) in [6.07, 6.45) is 2.31. The minimum atomic E-state index is -0.247. The lowest BCUT2D eigenvalue weighted by Gasteiger charge is -2.03. The van der Waals surface area contributed by atoms with Gasteiger partial charge in [0.1, 0.15) is 5.69 Å². The summed E-state index contributed by atoms with van der Waals surface area (Å²) in [7, 11) is 1.82. The molecule has 2 N–H and O–H groups in total. The molecule has 6 heteroatoms. The van der Waals surface area contributed by atoms with Gasteiger partial charge in [-0.2, -0.15) is 0 Å². The molecule has 0 bridgehead atoms. The highest BCUT2D eigenvalue weighted by molar-refractivity contribution is 5.87.